The number of nitrogens with zero attached hydrogens (tertiary/aromatic N) is 3. The van der Waals surface area contributed by atoms with Gasteiger partial charge in [0.2, 0.25) is 5.91 Å². The number of benzene rings is 2. The number of nitriles is 1. The summed E-state index contributed by atoms with van der Waals surface area (Å²) >= 11 is 0. The second kappa shape index (κ2) is 13.3. The number of anilines is 1. The van der Waals surface area contributed by atoms with Crippen molar-refractivity contribution in [2.45, 2.75) is 45.1 Å². The second-order valence-corrected chi connectivity index (χ2v) is 10.5. The van der Waals surface area contributed by atoms with Crippen LogP contribution in [0.25, 0.3) is 21.7 Å². The minimum Gasteiger partial charge on any atom is -0.380 e. The molecule has 206 valence electrons. The average molecular weight is 537 g/mol. The number of pyridine rings is 2. The van der Waals surface area contributed by atoms with E-state index in [0.717, 1.165) is 65.8 Å². The first-order valence-corrected chi connectivity index (χ1v) is 14.1. The predicted octanol–water partition coefficient (Wildman–Crippen LogP) is 4.90. The molecule has 1 aliphatic rings. The van der Waals surface area contributed by atoms with Crippen LogP contribution in [0.15, 0.2) is 54.9 Å². The fraction of sp³-hybridized carbons (Fsp3) is 0.375. The minimum atomic E-state index is -0.476. The van der Waals surface area contributed by atoms with Crippen molar-refractivity contribution in [2.24, 2.45) is 11.7 Å². The maximum atomic E-state index is 11.6. The van der Waals surface area contributed by atoms with Gasteiger partial charge in [-0.3, -0.25) is 9.78 Å². The van der Waals surface area contributed by atoms with Crippen molar-refractivity contribution in [2.75, 3.05) is 31.6 Å². The number of nitrogens with two attached hydrogens (primary N) is 1. The lowest BCUT2D eigenvalue weighted by Crippen LogP contribution is -2.16. The molecule has 0 radical (unpaired) electrons. The zero-order valence-electron chi connectivity index (χ0n) is 22.8. The summed E-state index contributed by atoms with van der Waals surface area (Å²) in [5, 5.41) is 18.9. The number of nitrogens with one attached hydrogen (secondary N) is 2. The molecule has 8 nitrogen and oxygen atoms in total. The zero-order chi connectivity index (χ0) is 27.7. The number of hydrogen-bond acceptors (Lipinski definition) is 7. The molecule has 4 N–H and O–H groups in total. The highest BCUT2D eigenvalue weighted by atomic mass is 16.5. The Morgan fingerprint density at radius 3 is 2.67 bits per heavy atom. The predicted molar refractivity (Wildman–Crippen MR) is 158 cm³/mol. The lowest BCUT2D eigenvalue weighted by Gasteiger charge is -2.12. The lowest BCUT2D eigenvalue weighted by molar-refractivity contribution is 0.100. The highest BCUT2D eigenvalue weighted by Crippen LogP contribution is 2.33. The van der Waals surface area contributed by atoms with Gasteiger partial charge in [-0.25, -0.2) is 4.98 Å². The smallest absolute Gasteiger partial charge is 0.248 e. The number of ether oxygens (including phenoxy) is 1. The van der Waals surface area contributed by atoms with E-state index in [9.17, 15) is 4.79 Å². The molecule has 0 saturated heterocycles. The molecule has 5 rings (SSSR count). The highest BCUT2D eigenvalue weighted by Gasteiger charge is 2.21. The van der Waals surface area contributed by atoms with Gasteiger partial charge in [-0.15, -0.1) is 0 Å². The fourth-order valence-corrected chi connectivity index (χ4v) is 5.07. The first-order valence-electron chi connectivity index (χ1n) is 14.1. The number of rotatable bonds is 15. The van der Waals surface area contributed by atoms with Crippen molar-refractivity contribution in [3.05, 3.63) is 77.1 Å². The van der Waals surface area contributed by atoms with E-state index in [-0.39, 0.29) is 0 Å². The van der Waals surface area contributed by atoms with E-state index in [1.165, 1.54) is 24.0 Å². The van der Waals surface area contributed by atoms with E-state index >= 15 is 0 Å². The maximum absolute atomic E-state index is 11.6. The molecule has 2 heterocycles. The number of amides is 1. The van der Waals surface area contributed by atoms with Gasteiger partial charge in [-0.2, -0.15) is 5.26 Å². The number of hydrogen-bond donors (Lipinski definition) is 3. The number of carbonyl (C=O) groups excluding carboxylic acids is 1. The Morgan fingerprint density at radius 2 is 1.85 bits per heavy atom. The van der Waals surface area contributed by atoms with E-state index in [0.29, 0.717) is 37.3 Å². The molecule has 0 spiro atoms. The Kier molecular flexibility index (Phi) is 9.17. The van der Waals surface area contributed by atoms with Crippen molar-refractivity contribution >= 4 is 33.4 Å². The molecule has 1 aliphatic carbocycles. The summed E-state index contributed by atoms with van der Waals surface area (Å²) in [6, 6.07) is 16.2. The molecule has 0 bridgehead atoms. The molecular formula is C32H36N6O2. The first-order chi connectivity index (χ1) is 19.6. The van der Waals surface area contributed by atoms with Crippen LogP contribution in [0, 0.1) is 17.2 Å². The Morgan fingerprint density at radius 1 is 1.00 bits per heavy atom. The van der Waals surface area contributed by atoms with Crippen molar-refractivity contribution in [1.29, 1.82) is 5.26 Å². The van der Waals surface area contributed by atoms with Gasteiger partial charge in [-0.05, 0) is 79.5 Å². The van der Waals surface area contributed by atoms with Crippen molar-refractivity contribution in [1.82, 2.24) is 15.3 Å². The molecule has 1 fully saturated rings. The Bertz CT molecular complexity index is 1530. The molecule has 1 amide bonds. The monoisotopic (exact) mass is 536 g/mol. The number of unbranched alkanes of at least 4 members (excludes halogenated alkanes) is 1. The number of carbonyl (C=O) groups is 1. The van der Waals surface area contributed by atoms with Gasteiger partial charge in [0, 0.05) is 53.8 Å². The van der Waals surface area contributed by atoms with E-state index in [2.05, 4.69) is 39.9 Å². The molecule has 0 atom stereocenters. The van der Waals surface area contributed by atoms with E-state index in [1.54, 1.807) is 18.3 Å². The summed E-state index contributed by atoms with van der Waals surface area (Å²) in [4.78, 5) is 20.6. The van der Waals surface area contributed by atoms with Crippen LogP contribution < -0.4 is 16.4 Å². The lowest BCUT2D eigenvalue weighted by atomic mass is 10.00. The minimum absolute atomic E-state index is 0.429. The van der Waals surface area contributed by atoms with Crippen LogP contribution in [0.1, 0.15) is 52.7 Å². The third-order valence-corrected chi connectivity index (χ3v) is 7.26. The van der Waals surface area contributed by atoms with Gasteiger partial charge in [0.1, 0.15) is 5.82 Å². The van der Waals surface area contributed by atoms with Gasteiger partial charge < -0.3 is 21.1 Å². The number of aromatic nitrogens is 2. The van der Waals surface area contributed by atoms with Gasteiger partial charge in [0.25, 0.3) is 0 Å². The summed E-state index contributed by atoms with van der Waals surface area (Å²) < 4.78 is 5.85. The molecule has 1 saturated carbocycles. The van der Waals surface area contributed by atoms with Crippen molar-refractivity contribution in [3.63, 3.8) is 0 Å². The highest BCUT2D eigenvalue weighted by molar-refractivity contribution is 6.11. The largest absolute Gasteiger partial charge is 0.380 e. The SMILES string of the molecule is N#CCc1cc(CNCCCCOCCNc2nc3cc(C(N)=O)ccc3c3cnccc23)cc(CC2CC2)c1. The van der Waals surface area contributed by atoms with Crippen LogP contribution in [-0.4, -0.2) is 42.2 Å². The standard InChI is InChI=1S/C32H36N6O2/c33-9-7-23-16-24(15-22-3-4-22)18-25(17-23)20-35-10-1-2-13-40-14-12-37-32-28-8-11-36-21-29(28)27-6-5-26(31(34)39)19-30(27)38-32/h5-6,8,11,16-19,21-22,35H,1-4,7,10,12-15,20H2,(H2,34,39)(H,37,38). The van der Waals surface area contributed by atoms with Gasteiger partial charge in [0.05, 0.1) is 24.6 Å². The topological polar surface area (TPSA) is 126 Å². The Labute approximate surface area is 235 Å². The molecule has 0 unspecified atom stereocenters. The third-order valence-electron chi connectivity index (χ3n) is 7.26. The molecule has 0 aliphatic heterocycles. The number of fused-ring (bicyclic) bond motifs is 3. The average Bonchev–Trinajstić information content (AvgIpc) is 3.77. The first kappa shape index (κ1) is 27.5. The van der Waals surface area contributed by atoms with Gasteiger partial charge in [-0.1, -0.05) is 24.3 Å². The van der Waals surface area contributed by atoms with E-state index in [4.69, 9.17) is 20.7 Å². The van der Waals surface area contributed by atoms with Crippen LogP contribution in [0.3, 0.4) is 0 Å². The maximum Gasteiger partial charge on any atom is 0.248 e. The second-order valence-electron chi connectivity index (χ2n) is 10.5. The Balaban J connectivity index is 1.03. The molecule has 40 heavy (non-hydrogen) atoms. The summed E-state index contributed by atoms with van der Waals surface area (Å²) in [7, 11) is 0. The van der Waals surface area contributed by atoms with E-state index in [1.807, 2.05) is 18.3 Å². The molecule has 2 aromatic heterocycles. The zero-order valence-corrected chi connectivity index (χ0v) is 22.8. The van der Waals surface area contributed by atoms with Crippen LogP contribution in [0.2, 0.25) is 0 Å². The van der Waals surface area contributed by atoms with E-state index < -0.39 is 5.91 Å². The number of primary amides is 1. The van der Waals surface area contributed by atoms with Gasteiger partial charge in [0.15, 0.2) is 0 Å². The van der Waals surface area contributed by atoms with Gasteiger partial charge >= 0.3 is 0 Å². The summed E-state index contributed by atoms with van der Waals surface area (Å²) in [6.07, 6.45) is 9.86. The van der Waals surface area contributed by atoms with Crippen molar-refractivity contribution in [3.8, 4) is 6.07 Å². The summed E-state index contributed by atoms with van der Waals surface area (Å²) in [6.45, 7) is 3.63. The van der Waals surface area contributed by atoms with Crippen LogP contribution in [-0.2, 0) is 24.1 Å². The molecular weight excluding hydrogens is 500 g/mol. The summed E-state index contributed by atoms with van der Waals surface area (Å²) in [5.74, 6) is 1.10. The molecule has 8 heteroatoms. The van der Waals surface area contributed by atoms with Crippen molar-refractivity contribution < 1.29 is 9.53 Å². The molecule has 2 aromatic carbocycles. The van der Waals surface area contributed by atoms with Crippen LogP contribution >= 0.6 is 0 Å². The Hall–Kier alpha value is -4.06. The third kappa shape index (κ3) is 7.32. The quantitative estimate of drug-likeness (QED) is 0.146. The normalized spacial score (nSPS) is 13.0. The fourth-order valence-electron chi connectivity index (χ4n) is 5.07. The molecule has 4 aromatic rings. The summed E-state index contributed by atoms with van der Waals surface area (Å²) in [5.41, 5.74) is 10.3. The van der Waals surface area contributed by atoms with Crippen LogP contribution in [0.5, 0.6) is 0 Å². The van der Waals surface area contributed by atoms with Crippen LogP contribution in [0.4, 0.5) is 5.82 Å².